The fraction of sp³-hybridized carbons (Fsp3) is 0.846. The predicted molar refractivity (Wildman–Crippen MR) is 66.4 cm³/mol. The molecule has 3 heteroatoms. The second kappa shape index (κ2) is 12.7. The van der Waals surface area contributed by atoms with Gasteiger partial charge in [0.05, 0.1) is 0 Å². The van der Waals surface area contributed by atoms with Gasteiger partial charge in [-0.25, -0.2) is 0 Å². The maximum absolute atomic E-state index is 8.56. The second-order valence-corrected chi connectivity index (χ2v) is 3.88. The molecule has 0 rings (SSSR count). The molecule has 0 amide bonds. The van der Waals surface area contributed by atoms with Crippen LogP contribution >= 0.6 is 0 Å². The molecule has 0 unspecified atom stereocenters. The molecule has 3 nitrogen and oxygen atoms in total. The summed E-state index contributed by atoms with van der Waals surface area (Å²) in [5, 5.41) is 8.56. The van der Waals surface area contributed by atoms with Gasteiger partial charge in [0.2, 0.25) is 0 Å². The van der Waals surface area contributed by atoms with Gasteiger partial charge in [-0.1, -0.05) is 25.0 Å². The Kier molecular flexibility index (Phi) is 12.4. The highest BCUT2D eigenvalue weighted by molar-refractivity contribution is 4.80. The number of hydrogen-bond acceptors (Lipinski definition) is 3. The monoisotopic (exact) mass is 230 g/mol. The van der Waals surface area contributed by atoms with Gasteiger partial charge in [0.1, 0.15) is 0 Å². The van der Waals surface area contributed by atoms with E-state index in [1.54, 1.807) is 14.2 Å². The zero-order valence-corrected chi connectivity index (χ0v) is 10.7. The van der Waals surface area contributed by atoms with Crippen LogP contribution in [0, 0.1) is 0 Å². The molecule has 0 aromatic rings. The minimum atomic E-state index is -0.0375. The zero-order valence-electron chi connectivity index (χ0n) is 10.7. The molecular formula is C13H26O3. The highest BCUT2D eigenvalue weighted by atomic mass is 16.7. The number of methoxy groups -OCH3 is 2. The highest BCUT2D eigenvalue weighted by Crippen LogP contribution is 2.09. The van der Waals surface area contributed by atoms with E-state index in [2.05, 4.69) is 6.08 Å². The molecule has 0 aromatic carbocycles. The Morgan fingerprint density at radius 2 is 1.56 bits per heavy atom. The lowest BCUT2D eigenvalue weighted by atomic mass is 10.1. The van der Waals surface area contributed by atoms with Crippen molar-refractivity contribution in [1.29, 1.82) is 0 Å². The largest absolute Gasteiger partial charge is 0.396 e. The van der Waals surface area contributed by atoms with E-state index in [1.165, 1.54) is 19.3 Å². The molecule has 0 heterocycles. The summed E-state index contributed by atoms with van der Waals surface area (Å²) in [5.74, 6) is 0. The number of unbranched alkanes of at least 4 members (excludes halogenated alkanes) is 4. The van der Waals surface area contributed by atoms with Crippen molar-refractivity contribution < 1.29 is 14.6 Å². The van der Waals surface area contributed by atoms with Crippen molar-refractivity contribution in [2.45, 2.75) is 51.2 Å². The standard InChI is InChI=1S/C13H26O3/c1-15-13(16-2)11-9-7-5-3-4-6-8-10-12-14/h6,8,13-14H,3-5,7,9-12H2,1-2H3/b8-6-. The van der Waals surface area contributed by atoms with Gasteiger partial charge in [-0.3, -0.25) is 0 Å². The first-order chi connectivity index (χ1) is 7.85. The zero-order chi connectivity index (χ0) is 12.1. The van der Waals surface area contributed by atoms with Gasteiger partial charge in [0.15, 0.2) is 6.29 Å². The third-order valence-corrected chi connectivity index (χ3v) is 2.55. The molecule has 0 saturated carbocycles. The molecule has 0 atom stereocenters. The number of aliphatic hydroxyl groups is 1. The van der Waals surface area contributed by atoms with E-state index in [1.807, 2.05) is 6.08 Å². The molecule has 0 aliphatic rings. The van der Waals surface area contributed by atoms with Crippen molar-refractivity contribution >= 4 is 0 Å². The summed E-state index contributed by atoms with van der Waals surface area (Å²) in [7, 11) is 3.36. The summed E-state index contributed by atoms with van der Waals surface area (Å²) in [6.07, 6.45) is 11.9. The molecule has 96 valence electrons. The van der Waals surface area contributed by atoms with E-state index >= 15 is 0 Å². The average molecular weight is 230 g/mol. The van der Waals surface area contributed by atoms with Crippen molar-refractivity contribution in [2.75, 3.05) is 20.8 Å². The van der Waals surface area contributed by atoms with Gasteiger partial charge >= 0.3 is 0 Å². The Balaban J connectivity index is 3.15. The number of allylic oxidation sites excluding steroid dienone is 1. The molecule has 0 aliphatic carbocycles. The molecule has 16 heavy (non-hydrogen) atoms. The van der Waals surface area contributed by atoms with Crippen LogP contribution in [-0.4, -0.2) is 32.2 Å². The van der Waals surface area contributed by atoms with E-state index in [-0.39, 0.29) is 12.9 Å². The Morgan fingerprint density at radius 1 is 0.938 bits per heavy atom. The first-order valence-corrected chi connectivity index (χ1v) is 6.16. The normalized spacial score (nSPS) is 11.8. The van der Waals surface area contributed by atoms with Crippen LogP contribution in [0.1, 0.15) is 44.9 Å². The molecule has 0 fully saturated rings. The maximum atomic E-state index is 8.56. The molecule has 0 aliphatic heterocycles. The van der Waals surface area contributed by atoms with Gasteiger partial charge in [0, 0.05) is 20.8 Å². The molecule has 0 bridgehead atoms. The fourth-order valence-electron chi connectivity index (χ4n) is 1.57. The van der Waals surface area contributed by atoms with Crippen LogP contribution in [0.2, 0.25) is 0 Å². The minimum Gasteiger partial charge on any atom is -0.396 e. The molecule has 1 N–H and O–H groups in total. The molecular weight excluding hydrogens is 204 g/mol. The van der Waals surface area contributed by atoms with Crippen molar-refractivity contribution in [3.63, 3.8) is 0 Å². The van der Waals surface area contributed by atoms with E-state index in [0.717, 1.165) is 25.7 Å². The Hall–Kier alpha value is -0.380. The summed E-state index contributed by atoms with van der Waals surface area (Å²) in [4.78, 5) is 0. The summed E-state index contributed by atoms with van der Waals surface area (Å²) < 4.78 is 10.2. The predicted octanol–water partition coefficient (Wildman–Crippen LogP) is 2.88. The lowest BCUT2D eigenvalue weighted by Gasteiger charge is -2.12. The van der Waals surface area contributed by atoms with Crippen molar-refractivity contribution in [2.24, 2.45) is 0 Å². The Bertz CT molecular complexity index is 153. The Labute approximate surface area is 99.5 Å². The number of rotatable bonds is 11. The lowest BCUT2D eigenvalue weighted by molar-refractivity contribution is -0.107. The van der Waals surface area contributed by atoms with Gasteiger partial charge in [-0.15, -0.1) is 0 Å². The van der Waals surface area contributed by atoms with Crippen LogP contribution in [0.5, 0.6) is 0 Å². The van der Waals surface area contributed by atoms with Gasteiger partial charge in [-0.05, 0) is 32.1 Å². The van der Waals surface area contributed by atoms with Crippen LogP contribution in [0.3, 0.4) is 0 Å². The summed E-state index contributed by atoms with van der Waals surface area (Å²) >= 11 is 0. The topological polar surface area (TPSA) is 38.7 Å². The number of hydrogen-bond donors (Lipinski definition) is 1. The van der Waals surface area contributed by atoms with Crippen molar-refractivity contribution in [3.05, 3.63) is 12.2 Å². The van der Waals surface area contributed by atoms with Crippen molar-refractivity contribution in [1.82, 2.24) is 0 Å². The fourth-order valence-corrected chi connectivity index (χ4v) is 1.57. The molecule has 0 radical (unpaired) electrons. The minimum absolute atomic E-state index is 0.0375. The Morgan fingerprint density at radius 3 is 2.19 bits per heavy atom. The second-order valence-electron chi connectivity index (χ2n) is 3.88. The van der Waals surface area contributed by atoms with Gasteiger partial charge in [0.25, 0.3) is 0 Å². The first kappa shape index (κ1) is 15.6. The highest BCUT2D eigenvalue weighted by Gasteiger charge is 2.03. The third kappa shape index (κ3) is 10.1. The summed E-state index contributed by atoms with van der Waals surface area (Å²) in [6.45, 7) is 0.256. The smallest absolute Gasteiger partial charge is 0.156 e. The average Bonchev–Trinajstić information content (AvgIpc) is 2.32. The summed E-state index contributed by atoms with van der Waals surface area (Å²) in [5.41, 5.74) is 0. The van der Waals surface area contributed by atoms with E-state index in [9.17, 15) is 0 Å². The lowest BCUT2D eigenvalue weighted by Crippen LogP contribution is -2.12. The van der Waals surface area contributed by atoms with Crippen LogP contribution < -0.4 is 0 Å². The first-order valence-electron chi connectivity index (χ1n) is 6.16. The summed E-state index contributed by atoms with van der Waals surface area (Å²) in [6, 6.07) is 0. The van der Waals surface area contributed by atoms with E-state index < -0.39 is 0 Å². The maximum Gasteiger partial charge on any atom is 0.156 e. The van der Waals surface area contributed by atoms with Gasteiger partial charge < -0.3 is 14.6 Å². The SMILES string of the molecule is COC(CCCCCC/C=C\CCO)OC. The van der Waals surface area contributed by atoms with Crippen LogP contribution in [0.15, 0.2) is 12.2 Å². The van der Waals surface area contributed by atoms with Gasteiger partial charge in [-0.2, -0.15) is 0 Å². The van der Waals surface area contributed by atoms with E-state index in [0.29, 0.717) is 0 Å². The number of aliphatic hydroxyl groups excluding tert-OH is 1. The molecule has 0 aromatic heterocycles. The number of ether oxygens (including phenoxy) is 2. The van der Waals surface area contributed by atoms with Crippen LogP contribution in [0.25, 0.3) is 0 Å². The quantitative estimate of drug-likeness (QED) is 0.337. The molecule has 0 spiro atoms. The van der Waals surface area contributed by atoms with Crippen LogP contribution in [0.4, 0.5) is 0 Å². The van der Waals surface area contributed by atoms with Crippen LogP contribution in [-0.2, 0) is 9.47 Å². The van der Waals surface area contributed by atoms with E-state index in [4.69, 9.17) is 14.6 Å². The van der Waals surface area contributed by atoms with Crippen molar-refractivity contribution in [3.8, 4) is 0 Å². The third-order valence-electron chi connectivity index (χ3n) is 2.55. The molecule has 0 saturated heterocycles.